The van der Waals surface area contributed by atoms with Crippen molar-refractivity contribution in [3.8, 4) is 0 Å². The smallest absolute Gasteiger partial charge is 0.239 e. The summed E-state index contributed by atoms with van der Waals surface area (Å²) in [6.07, 6.45) is 5.25. The molecule has 2 aliphatic heterocycles. The van der Waals surface area contributed by atoms with Crippen LogP contribution in [0.5, 0.6) is 0 Å². The number of piperazine rings is 1. The lowest BCUT2D eigenvalue weighted by Gasteiger charge is -2.39. The van der Waals surface area contributed by atoms with Gasteiger partial charge in [-0.3, -0.25) is 14.7 Å². The second kappa shape index (κ2) is 10.0. The SMILES string of the molecule is CC(C)(C)OC(O)N1CCC(C[C@H](N)C(=O)N2CCN(c3ccncc3)CC2)CC1. The van der Waals surface area contributed by atoms with Crippen LogP contribution in [0.2, 0.25) is 0 Å². The number of amides is 1. The van der Waals surface area contributed by atoms with Crippen LogP contribution >= 0.6 is 0 Å². The van der Waals surface area contributed by atoms with Crippen LogP contribution in [0.1, 0.15) is 40.0 Å². The Balaban J connectivity index is 1.40. The van der Waals surface area contributed by atoms with Crippen LogP contribution in [0.25, 0.3) is 0 Å². The second-order valence-electron chi connectivity index (χ2n) is 9.40. The van der Waals surface area contributed by atoms with E-state index in [0.29, 0.717) is 25.4 Å². The molecule has 2 aliphatic rings. The summed E-state index contributed by atoms with van der Waals surface area (Å²) in [5, 5.41) is 10.3. The van der Waals surface area contributed by atoms with E-state index in [-0.39, 0.29) is 11.5 Å². The molecule has 1 aromatic heterocycles. The number of hydrogen-bond donors (Lipinski definition) is 2. The first-order chi connectivity index (χ1) is 14.2. The zero-order valence-corrected chi connectivity index (χ0v) is 18.5. The van der Waals surface area contributed by atoms with Gasteiger partial charge in [-0.05, 0) is 58.1 Å². The molecule has 0 spiro atoms. The third kappa shape index (κ3) is 6.38. The van der Waals surface area contributed by atoms with Gasteiger partial charge in [0.05, 0.1) is 11.6 Å². The monoisotopic (exact) mass is 419 g/mol. The number of aliphatic hydroxyl groups excluding tert-OH is 1. The topological polar surface area (TPSA) is 95.2 Å². The lowest BCUT2D eigenvalue weighted by Crippen LogP contribution is -2.54. The minimum atomic E-state index is -0.877. The number of aromatic nitrogens is 1. The lowest BCUT2D eigenvalue weighted by atomic mass is 9.90. The Morgan fingerprint density at radius 1 is 1.17 bits per heavy atom. The fraction of sp³-hybridized carbons (Fsp3) is 0.727. The van der Waals surface area contributed by atoms with E-state index in [0.717, 1.165) is 44.7 Å². The van der Waals surface area contributed by atoms with E-state index < -0.39 is 12.5 Å². The van der Waals surface area contributed by atoms with Gasteiger partial charge in [-0.15, -0.1) is 0 Å². The number of piperidine rings is 1. The molecule has 3 rings (SSSR count). The number of rotatable bonds is 6. The average Bonchev–Trinajstić information content (AvgIpc) is 2.73. The molecule has 30 heavy (non-hydrogen) atoms. The summed E-state index contributed by atoms with van der Waals surface area (Å²) < 4.78 is 5.64. The van der Waals surface area contributed by atoms with Crippen LogP contribution in [-0.4, -0.2) is 83.1 Å². The Morgan fingerprint density at radius 2 is 1.77 bits per heavy atom. The summed E-state index contributed by atoms with van der Waals surface area (Å²) in [7, 11) is 0. The molecule has 2 fully saturated rings. The summed E-state index contributed by atoms with van der Waals surface area (Å²) in [5.41, 5.74) is 7.06. The number of carbonyl (C=O) groups is 1. The van der Waals surface area contributed by atoms with Crippen molar-refractivity contribution < 1.29 is 14.6 Å². The van der Waals surface area contributed by atoms with Crippen molar-refractivity contribution in [2.45, 2.75) is 58.1 Å². The summed E-state index contributed by atoms with van der Waals surface area (Å²) in [4.78, 5) is 23.0. The quantitative estimate of drug-likeness (QED) is 0.670. The van der Waals surface area contributed by atoms with Crippen molar-refractivity contribution >= 4 is 11.6 Å². The van der Waals surface area contributed by atoms with Gasteiger partial charge in [0.25, 0.3) is 0 Å². The van der Waals surface area contributed by atoms with Crippen LogP contribution in [0.15, 0.2) is 24.5 Å². The first kappa shape index (κ1) is 22.9. The molecule has 8 nitrogen and oxygen atoms in total. The standard InChI is InChI=1S/C22H37N5O3/c1-22(2,3)30-21(29)27-10-6-17(7-11-27)16-19(23)20(28)26-14-12-25(13-15-26)18-4-8-24-9-5-18/h4-5,8-9,17,19,21,29H,6-7,10-16,23H2,1-3H3/t19-,21?/m0/s1. The number of likely N-dealkylation sites (tertiary alicyclic amines) is 1. The molecular weight excluding hydrogens is 382 g/mol. The largest absolute Gasteiger partial charge is 0.368 e. The van der Waals surface area contributed by atoms with Gasteiger partial charge in [0.15, 0.2) is 0 Å². The maximum atomic E-state index is 12.8. The number of carbonyl (C=O) groups excluding carboxylic acids is 1. The van der Waals surface area contributed by atoms with Gasteiger partial charge in [-0.2, -0.15) is 0 Å². The molecule has 0 radical (unpaired) electrons. The first-order valence-electron chi connectivity index (χ1n) is 11.0. The molecular formula is C22H37N5O3. The maximum absolute atomic E-state index is 12.8. The van der Waals surface area contributed by atoms with Crippen molar-refractivity contribution in [1.82, 2.24) is 14.8 Å². The van der Waals surface area contributed by atoms with Crippen LogP contribution in [0, 0.1) is 5.92 Å². The number of hydrogen-bond acceptors (Lipinski definition) is 7. The van der Waals surface area contributed by atoms with Gasteiger partial charge in [-0.1, -0.05) is 0 Å². The Kier molecular flexibility index (Phi) is 7.68. The highest BCUT2D eigenvalue weighted by Crippen LogP contribution is 2.25. The molecule has 3 heterocycles. The van der Waals surface area contributed by atoms with E-state index in [1.54, 1.807) is 12.4 Å². The second-order valence-corrected chi connectivity index (χ2v) is 9.40. The van der Waals surface area contributed by atoms with Crippen molar-refractivity contribution in [2.24, 2.45) is 11.7 Å². The zero-order chi connectivity index (χ0) is 21.7. The van der Waals surface area contributed by atoms with E-state index in [2.05, 4.69) is 9.88 Å². The number of pyridine rings is 1. The highest BCUT2D eigenvalue weighted by atomic mass is 16.6. The average molecular weight is 420 g/mol. The molecule has 3 N–H and O–H groups in total. The Hall–Kier alpha value is -1.74. The molecule has 2 saturated heterocycles. The van der Waals surface area contributed by atoms with Crippen LogP contribution in [-0.2, 0) is 9.53 Å². The van der Waals surface area contributed by atoms with E-state index in [1.165, 1.54) is 0 Å². The van der Waals surface area contributed by atoms with E-state index in [4.69, 9.17) is 10.5 Å². The predicted molar refractivity (Wildman–Crippen MR) is 117 cm³/mol. The maximum Gasteiger partial charge on any atom is 0.239 e. The number of anilines is 1. The minimum Gasteiger partial charge on any atom is -0.368 e. The van der Waals surface area contributed by atoms with Gasteiger partial charge in [0.1, 0.15) is 0 Å². The first-order valence-corrected chi connectivity index (χ1v) is 11.0. The van der Waals surface area contributed by atoms with Crippen LogP contribution in [0.4, 0.5) is 5.69 Å². The van der Waals surface area contributed by atoms with Crippen molar-refractivity contribution in [2.75, 3.05) is 44.2 Å². The zero-order valence-electron chi connectivity index (χ0n) is 18.5. The van der Waals surface area contributed by atoms with E-state index >= 15 is 0 Å². The third-order valence-corrected chi connectivity index (χ3v) is 5.94. The molecule has 1 aromatic rings. The molecule has 2 atom stereocenters. The lowest BCUT2D eigenvalue weighted by molar-refractivity contribution is -0.243. The molecule has 0 aliphatic carbocycles. The van der Waals surface area contributed by atoms with Gasteiger partial charge in [0.2, 0.25) is 12.3 Å². The number of nitrogens with two attached hydrogens (primary N) is 1. The highest BCUT2D eigenvalue weighted by molar-refractivity contribution is 5.82. The van der Waals surface area contributed by atoms with Crippen molar-refractivity contribution in [1.29, 1.82) is 0 Å². The molecule has 8 heteroatoms. The van der Waals surface area contributed by atoms with Gasteiger partial charge < -0.3 is 25.4 Å². The third-order valence-electron chi connectivity index (χ3n) is 5.94. The highest BCUT2D eigenvalue weighted by Gasteiger charge is 2.31. The fourth-order valence-electron chi connectivity index (χ4n) is 4.23. The molecule has 0 bridgehead atoms. The van der Waals surface area contributed by atoms with Crippen molar-refractivity contribution in [3.05, 3.63) is 24.5 Å². The van der Waals surface area contributed by atoms with Crippen LogP contribution < -0.4 is 10.6 Å². The van der Waals surface area contributed by atoms with Gasteiger partial charge in [0, 0.05) is 57.3 Å². The van der Waals surface area contributed by atoms with Gasteiger partial charge in [-0.25, -0.2) is 0 Å². The Morgan fingerprint density at radius 3 is 2.33 bits per heavy atom. The summed E-state index contributed by atoms with van der Waals surface area (Å²) in [6, 6.07) is 3.54. The number of ether oxygens (including phenoxy) is 1. The fourth-order valence-corrected chi connectivity index (χ4v) is 4.23. The van der Waals surface area contributed by atoms with Crippen molar-refractivity contribution in [3.63, 3.8) is 0 Å². The summed E-state index contributed by atoms with van der Waals surface area (Å²) in [6.45, 7) is 10.3. The van der Waals surface area contributed by atoms with E-state index in [1.807, 2.05) is 42.7 Å². The molecule has 1 unspecified atom stereocenters. The Labute approximate surface area is 180 Å². The number of aliphatic hydroxyl groups is 1. The van der Waals surface area contributed by atoms with Crippen LogP contribution in [0.3, 0.4) is 0 Å². The predicted octanol–water partition coefficient (Wildman–Crippen LogP) is 1.25. The number of nitrogens with zero attached hydrogens (tertiary/aromatic N) is 4. The summed E-state index contributed by atoms with van der Waals surface area (Å²) in [5.74, 6) is 0.461. The Bertz CT molecular complexity index is 665. The minimum absolute atomic E-state index is 0.0582. The molecule has 1 amide bonds. The van der Waals surface area contributed by atoms with Gasteiger partial charge >= 0.3 is 0 Å². The molecule has 0 aromatic carbocycles. The van der Waals surface area contributed by atoms with E-state index in [9.17, 15) is 9.90 Å². The summed E-state index contributed by atoms with van der Waals surface area (Å²) >= 11 is 0. The normalized spacial score (nSPS) is 21.5. The molecule has 0 saturated carbocycles. The molecule has 168 valence electrons.